The van der Waals surface area contributed by atoms with Crippen LogP contribution in [0.4, 0.5) is 28.0 Å². The molecule has 4 amide bonds. The second-order valence-electron chi connectivity index (χ2n) is 10.3. The number of imide groups is 1. The lowest BCUT2D eigenvalue weighted by Crippen LogP contribution is -2.50. The molecule has 0 radical (unpaired) electrons. The van der Waals surface area contributed by atoms with E-state index in [0.717, 1.165) is 16.4 Å². The third-order valence-corrected chi connectivity index (χ3v) is 9.09. The molecule has 0 saturated carbocycles. The Morgan fingerprint density at radius 2 is 1.67 bits per heavy atom. The predicted molar refractivity (Wildman–Crippen MR) is 144 cm³/mol. The normalized spacial score (nSPS) is 19.5. The van der Waals surface area contributed by atoms with E-state index in [0.29, 0.717) is 34.5 Å². The van der Waals surface area contributed by atoms with E-state index >= 15 is 0 Å². The summed E-state index contributed by atoms with van der Waals surface area (Å²) in [5, 5.41) is 5.94. The van der Waals surface area contributed by atoms with Crippen LogP contribution in [0.25, 0.3) is 6.08 Å². The van der Waals surface area contributed by atoms with E-state index in [1.165, 1.54) is 10.4 Å². The number of anilines is 1. The molecular formula is C27H25F4N5O5S. The molecule has 15 heteroatoms. The van der Waals surface area contributed by atoms with Crippen molar-refractivity contribution in [1.82, 2.24) is 14.9 Å². The number of halogens is 4. The van der Waals surface area contributed by atoms with Crippen molar-refractivity contribution >= 4 is 45.5 Å². The lowest BCUT2D eigenvalue weighted by Gasteiger charge is -2.34. The number of carbonyl (C=O) groups excluding carboxylic acids is 3. The Labute approximate surface area is 238 Å². The van der Waals surface area contributed by atoms with Gasteiger partial charge in [-0.1, -0.05) is 0 Å². The fourth-order valence-corrected chi connectivity index (χ4v) is 6.43. The molecule has 2 fully saturated rings. The third kappa shape index (κ3) is 5.29. The van der Waals surface area contributed by atoms with Crippen LogP contribution in [0.1, 0.15) is 40.7 Å². The Morgan fingerprint density at radius 1 is 1.02 bits per heavy atom. The van der Waals surface area contributed by atoms with E-state index in [4.69, 9.17) is 0 Å². The summed E-state index contributed by atoms with van der Waals surface area (Å²) in [6, 6.07) is 5.00. The molecule has 0 aliphatic carbocycles. The summed E-state index contributed by atoms with van der Waals surface area (Å²) in [6.07, 6.45) is -3.54. The fraction of sp³-hybridized carbons (Fsp3) is 0.333. The minimum absolute atomic E-state index is 0.0125. The maximum atomic E-state index is 13.7. The first kappa shape index (κ1) is 29.4. The number of hydrogen-bond donors (Lipinski definition) is 2. The van der Waals surface area contributed by atoms with Crippen molar-refractivity contribution in [2.75, 3.05) is 24.5 Å². The zero-order valence-corrected chi connectivity index (χ0v) is 23.2. The van der Waals surface area contributed by atoms with E-state index in [1.54, 1.807) is 26.0 Å². The van der Waals surface area contributed by atoms with Crippen LogP contribution in [0.2, 0.25) is 0 Å². The molecule has 2 N–H and O–H groups in total. The van der Waals surface area contributed by atoms with Gasteiger partial charge in [-0.15, -0.1) is 0 Å². The average Bonchev–Trinajstić information content (AvgIpc) is 3.41. The van der Waals surface area contributed by atoms with E-state index in [9.17, 15) is 40.4 Å². The molecular weight excluding hydrogens is 582 g/mol. The Balaban J connectivity index is 1.31. The van der Waals surface area contributed by atoms with Crippen molar-refractivity contribution in [3.63, 3.8) is 0 Å². The van der Waals surface area contributed by atoms with Gasteiger partial charge in [-0.25, -0.2) is 22.5 Å². The van der Waals surface area contributed by atoms with Gasteiger partial charge in [0.25, 0.3) is 11.8 Å². The second kappa shape index (κ2) is 10.3. The van der Waals surface area contributed by atoms with Crippen LogP contribution in [0.15, 0.2) is 40.7 Å². The highest BCUT2D eigenvalue weighted by atomic mass is 32.2. The summed E-state index contributed by atoms with van der Waals surface area (Å²) in [5.41, 5.74) is -0.721. The molecule has 0 atom stereocenters. The Bertz CT molecular complexity index is 1640. The molecule has 5 rings (SSSR count). The minimum Gasteiger partial charge on any atom is -0.328 e. The van der Waals surface area contributed by atoms with Gasteiger partial charge < -0.3 is 10.6 Å². The molecule has 0 unspecified atom stereocenters. The van der Waals surface area contributed by atoms with Gasteiger partial charge in [-0.3, -0.25) is 14.6 Å². The number of hydrogen-bond acceptors (Lipinski definition) is 6. The zero-order valence-electron chi connectivity index (χ0n) is 22.4. The summed E-state index contributed by atoms with van der Waals surface area (Å²) in [7, 11) is -3.94. The summed E-state index contributed by atoms with van der Waals surface area (Å²) in [4.78, 5) is 42.2. The predicted octanol–water partition coefficient (Wildman–Crippen LogP) is 3.23. The molecule has 10 nitrogen and oxygen atoms in total. The SMILES string of the molecule is Cc1cc(N2C(=O)CNC2=O)cc(C)c1/C=C/S(=O)(=O)N1CCC2(CC1)N=C(c1ccc(F)c(C(F)(F)F)c1)NC2=O. The summed E-state index contributed by atoms with van der Waals surface area (Å²) < 4.78 is 80.6. The van der Waals surface area contributed by atoms with Gasteiger partial charge in [-0.05, 0) is 79.8 Å². The topological polar surface area (TPSA) is 128 Å². The summed E-state index contributed by atoms with van der Waals surface area (Å²) >= 11 is 0. The van der Waals surface area contributed by atoms with Gasteiger partial charge in [0.2, 0.25) is 10.0 Å². The van der Waals surface area contributed by atoms with Crippen molar-refractivity contribution < 1.29 is 40.4 Å². The molecule has 3 aliphatic rings. The quantitative estimate of drug-likeness (QED) is 0.399. The number of benzene rings is 2. The highest BCUT2D eigenvalue weighted by molar-refractivity contribution is 7.92. The number of aliphatic imine (C=N–C) groups is 1. The van der Waals surface area contributed by atoms with Crippen molar-refractivity contribution in [2.45, 2.75) is 38.4 Å². The fourth-order valence-electron chi connectivity index (χ4n) is 5.26. The van der Waals surface area contributed by atoms with Crippen LogP contribution in [-0.4, -0.2) is 61.6 Å². The summed E-state index contributed by atoms with van der Waals surface area (Å²) in [6.45, 7) is 3.19. The van der Waals surface area contributed by atoms with Crippen LogP contribution in [0.5, 0.6) is 0 Å². The van der Waals surface area contributed by atoms with Gasteiger partial charge in [0, 0.05) is 24.1 Å². The maximum absolute atomic E-state index is 13.7. The lowest BCUT2D eigenvalue weighted by atomic mass is 9.89. The highest BCUT2D eigenvalue weighted by Crippen LogP contribution is 2.35. The number of nitrogens with one attached hydrogen (secondary N) is 2. The van der Waals surface area contributed by atoms with Crippen molar-refractivity contribution in [2.24, 2.45) is 4.99 Å². The van der Waals surface area contributed by atoms with Crippen LogP contribution >= 0.6 is 0 Å². The molecule has 1 spiro atoms. The number of carbonyl (C=O) groups is 3. The van der Waals surface area contributed by atoms with Crippen LogP contribution < -0.4 is 15.5 Å². The number of urea groups is 1. The number of nitrogens with zero attached hydrogens (tertiary/aromatic N) is 3. The maximum Gasteiger partial charge on any atom is 0.419 e. The van der Waals surface area contributed by atoms with Gasteiger partial charge in [-0.2, -0.15) is 17.5 Å². The van der Waals surface area contributed by atoms with E-state index in [1.807, 2.05) is 0 Å². The number of sulfonamides is 1. The number of amidine groups is 1. The Hall–Kier alpha value is -4.11. The molecule has 0 aromatic heterocycles. The number of aryl methyl sites for hydroxylation is 2. The van der Waals surface area contributed by atoms with Crippen LogP contribution in [0.3, 0.4) is 0 Å². The Kier molecular flexibility index (Phi) is 7.21. The lowest BCUT2D eigenvalue weighted by molar-refractivity contribution is -0.140. The first-order chi connectivity index (χ1) is 19.6. The van der Waals surface area contributed by atoms with E-state index in [2.05, 4.69) is 15.6 Å². The van der Waals surface area contributed by atoms with Gasteiger partial charge >= 0.3 is 12.2 Å². The smallest absolute Gasteiger partial charge is 0.328 e. The largest absolute Gasteiger partial charge is 0.419 e. The van der Waals surface area contributed by atoms with Gasteiger partial charge in [0.05, 0.1) is 17.8 Å². The molecule has 0 bridgehead atoms. The van der Waals surface area contributed by atoms with E-state index < -0.39 is 51.0 Å². The first-order valence-corrected chi connectivity index (χ1v) is 14.3. The van der Waals surface area contributed by atoms with Crippen molar-refractivity contribution in [3.05, 3.63) is 69.4 Å². The second-order valence-corrected chi connectivity index (χ2v) is 12.1. The molecule has 42 heavy (non-hydrogen) atoms. The van der Waals surface area contributed by atoms with Gasteiger partial charge in [0.15, 0.2) is 0 Å². The Morgan fingerprint density at radius 3 is 2.24 bits per heavy atom. The number of alkyl halides is 3. The number of piperidine rings is 1. The number of amides is 4. The molecule has 3 aliphatic heterocycles. The first-order valence-electron chi connectivity index (χ1n) is 12.8. The van der Waals surface area contributed by atoms with Gasteiger partial charge in [0.1, 0.15) is 17.2 Å². The number of rotatable bonds is 5. The van der Waals surface area contributed by atoms with Crippen LogP contribution in [0, 0.1) is 19.7 Å². The molecule has 222 valence electrons. The van der Waals surface area contributed by atoms with Crippen LogP contribution in [-0.2, 0) is 25.8 Å². The standard InChI is InChI=1S/C27H25F4N5O5S/c1-15-11-18(36-22(37)14-32-25(36)39)12-16(2)19(15)5-10-42(40,41)35-8-6-26(7-9-35)24(38)33-23(34-26)17-3-4-21(28)20(13-17)27(29,30)31/h3-5,10-13H,6-9,14H2,1-2H3,(H,32,39)(H,33,34,38)/b10-5+. The van der Waals surface area contributed by atoms with E-state index in [-0.39, 0.29) is 43.9 Å². The molecule has 2 aromatic carbocycles. The molecule has 3 heterocycles. The monoisotopic (exact) mass is 607 g/mol. The summed E-state index contributed by atoms with van der Waals surface area (Å²) in [5.74, 6) is -2.56. The molecule has 2 aromatic rings. The minimum atomic E-state index is -4.93. The zero-order chi connectivity index (χ0) is 30.6. The highest BCUT2D eigenvalue weighted by Gasteiger charge is 2.47. The average molecular weight is 608 g/mol. The third-order valence-electron chi connectivity index (χ3n) is 7.52. The van der Waals surface area contributed by atoms with Crippen molar-refractivity contribution in [3.8, 4) is 0 Å². The molecule has 2 saturated heterocycles. The van der Waals surface area contributed by atoms with Crippen molar-refractivity contribution in [1.29, 1.82) is 0 Å².